The van der Waals surface area contributed by atoms with Gasteiger partial charge in [0.25, 0.3) is 0 Å². The molecule has 18 heavy (non-hydrogen) atoms. The Bertz CT molecular complexity index is 287. The third kappa shape index (κ3) is 3.23. The minimum absolute atomic E-state index is 0.242. The van der Waals surface area contributed by atoms with E-state index in [-0.39, 0.29) is 5.92 Å². The highest BCUT2D eigenvalue weighted by Crippen LogP contribution is 2.22. The average Bonchev–Trinajstić information content (AvgIpc) is 2.38. The van der Waals surface area contributed by atoms with E-state index in [2.05, 4.69) is 24.2 Å². The third-order valence-corrected chi connectivity index (χ3v) is 4.56. The van der Waals surface area contributed by atoms with Crippen LogP contribution in [0.5, 0.6) is 0 Å². The summed E-state index contributed by atoms with van der Waals surface area (Å²) in [5, 5.41) is 3.41. The molecule has 2 unspecified atom stereocenters. The highest BCUT2D eigenvalue weighted by Gasteiger charge is 2.31. The van der Waals surface area contributed by atoms with E-state index in [4.69, 9.17) is 0 Å². The summed E-state index contributed by atoms with van der Waals surface area (Å²) in [7, 11) is 4.16. The topological polar surface area (TPSA) is 35.6 Å². The Balaban J connectivity index is 1.87. The largest absolute Gasteiger partial charge is 0.342 e. The molecule has 0 spiro atoms. The molecule has 0 radical (unpaired) electrons. The van der Waals surface area contributed by atoms with E-state index in [9.17, 15) is 4.79 Å². The van der Waals surface area contributed by atoms with Crippen molar-refractivity contribution in [2.24, 2.45) is 5.92 Å². The van der Waals surface area contributed by atoms with Crippen molar-refractivity contribution in [3.63, 3.8) is 0 Å². The lowest BCUT2D eigenvalue weighted by atomic mass is 9.91. The Morgan fingerprint density at radius 1 is 1.28 bits per heavy atom. The molecule has 1 amide bonds. The first-order valence-electron chi connectivity index (χ1n) is 7.26. The number of likely N-dealkylation sites (tertiary alicyclic amines) is 1. The number of hydrogen-bond donors (Lipinski definition) is 1. The molecule has 0 aliphatic carbocycles. The number of amides is 1. The number of carbonyl (C=O) groups is 1. The minimum Gasteiger partial charge on any atom is -0.342 e. The Labute approximate surface area is 111 Å². The normalized spacial score (nSPS) is 31.3. The van der Waals surface area contributed by atoms with E-state index in [0.29, 0.717) is 18.0 Å². The van der Waals surface area contributed by atoms with Gasteiger partial charge in [-0.2, -0.15) is 0 Å². The fourth-order valence-corrected chi connectivity index (χ4v) is 3.21. The van der Waals surface area contributed by atoms with Crippen LogP contribution in [-0.2, 0) is 4.79 Å². The molecule has 2 aliphatic heterocycles. The van der Waals surface area contributed by atoms with Gasteiger partial charge in [0.05, 0.1) is 0 Å². The zero-order chi connectivity index (χ0) is 13.1. The fourth-order valence-electron chi connectivity index (χ4n) is 3.21. The van der Waals surface area contributed by atoms with Crippen LogP contribution < -0.4 is 5.32 Å². The molecule has 2 rings (SSSR count). The zero-order valence-electron chi connectivity index (χ0n) is 12.0. The molecule has 2 atom stereocenters. The predicted octanol–water partition coefficient (Wildman–Crippen LogP) is 0.927. The quantitative estimate of drug-likeness (QED) is 0.795. The van der Waals surface area contributed by atoms with Gasteiger partial charge in [-0.3, -0.25) is 4.79 Å². The molecule has 104 valence electrons. The number of piperidine rings is 2. The SMILES string of the molecule is CC1CC(C(=O)N(C)C2CCN(C)CC2)CCN1. The first-order valence-corrected chi connectivity index (χ1v) is 7.26. The van der Waals surface area contributed by atoms with Crippen molar-refractivity contribution in [1.29, 1.82) is 0 Å². The monoisotopic (exact) mass is 253 g/mol. The highest BCUT2D eigenvalue weighted by atomic mass is 16.2. The van der Waals surface area contributed by atoms with Crippen LogP contribution in [-0.4, -0.2) is 61.5 Å². The molecule has 0 saturated carbocycles. The number of carbonyl (C=O) groups excluding carboxylic acids is 1. The summed E-state index contributed by atoms with van der Waals surface area (Å²) >= 11 is 0. The summed E-state index contributed by atoms with van der Waals surface area (Å²) in [6, 6.07) is 0.942. The Kier molecular flexibility index (Phi) is 4.62. The summed E-state index contributed by atoms with van der Waals surface area (Å²) in [5.74, 6) is 0.615. The van der Waals surface area contributed by atoms with Crippen LogP contribution >= 0.6 is 0 Å². The van der Waals surface area contributed by atoms with Crippen molar-refractivity contribution >= 4 is 5.91 Å². The van der Waals surface area contributed by atoms with Crippen molar-refractivity contribution < 1.29 is 4.79 Å². The molecule has 2 aliphatic rings. The zero-order valence-corrected chi connectivity index (χ0v) is 12.0. The summed E-state index contributed by atoms with van der Waals surface area (Å²) < 4.78 is 0. The second-order valence-corrected chi connectivity index (χ2v) is 6.06. The van der Waals surface area contributed by atoms with Crippen LogP contribution in [0.1, 0.15) is 32.6 Å². The summed E-state index contributed by atoms with van der Waals surface area (Å²) in [4.78, 5) is 16.9. The van der Waals surface area contributed by atoms with Crippen molar-refractivity contribution in [2.45, 2.75) is 44.7 Å². The van der Waals surface area contributed by atoms with Crippen LogP contribution in [0.15, 0.2) is 0 Å². The van der Waals surface area contributed by atoms with Crippen molar-refractivity contribution in [3.05, 3.63) is 0 Å². The molecule has 2 fully saturated rings. The van der Waals surface area contributed by atoms with E-state index in [0.717, 1.165) is 45.3 Å². The van der Waals surface area contributed by atoms with Gasteiger partial charge in [-0.25, -0.2) is 0 Å². The van der Waals surface area contributed by atoms with E-state index in [1.54, 1.807) is 0 Å². The Morgan fingerprint density at radius 3 is 2.56 bits per heavy atom. The second-order valence-electron chi connectivity index (χ2n) is 6.06. The molecule has 1 N–H and O–H groups in total. The highest BCUT2D eigenvalue weighted by molar-refractivity contribution is 5.79. The van der Waals surface area contributed by atoms with Gasteiger partial charge < -0.3 is 15.1 Å². The van der Waals surface area contributed by atoms with Crippen LogP contribution in [0, 0.1) is 5.92 Å². The molecule has 0 aromatic heterocycles. The molecule has 4 heteroatoms. The van der Waals surface area contributed by atoms with Gasteiger partial charge >= 0.3 is 0 Å². The first kappa shape index (κ1) is 13.8. The molecular weight excluding hydrogens is 226 g/mol. The van der Waals surface area contributed by atoms with E-state index in [1.165, 1.54) is 0 Å². The molecule has 0 bridgehead atoms. The van der Waals surface area contributed by atoms with Crippen LogP contribution in [0.4, 0.5) is 0 Å². The lowest BCUT2D eigenvalue weighted by molar-refractivity contribution is -0.138. The first-order chi connectivity index (χ1) is 8.58. The molecule has 0 aromatic carbocycles. The van der Waals surface area contributed by atoms with Gasteiger partial charge in [-0.1, -0.05) is 0 Å². The average molecular weight is 253 g/mol. The van der Waals surface area contributed by atoms with E-state index >= 15 is 0 Å². The minimum atomic E-state index is 0.242. The maximum Gasteiger partial charge on any atom is 0.225 e. The van der Waals surface area contributed by atoms with Gasteiger partial charge in [0.15, 0.2) is 0 Å². The van der Waals surface area contributed by atoms with E-state index < -0.39 is 0 Å². The number of rotatable bonds is 2. The molecular formula is C14H27N3O. The van der Waals surface area contributed by atoms with Crippen LogP contribution in [0.2, 0.25) is 0 Å². The summed E-state index contributed by atoms with van der Waals surface area (Å²) in [6.45, 7) is 5.39. The lowest BCUT2D eigenvalue weighted by Crippen LogP contribution is -2.49. The molecule has 0 aromatic rings. The van der Waals surface area contributed by atoms with Gasteiger partial charge in [0, 0.05) is 25.0 Å². The second kappa shape index (κ2) is 6.02. The Morgan fingerprint density at radius 2 is 1.94 bits per heavy atom. The predicted molar refractivity (Wildman–Crippen MR) is 73.5 cm³/mol. The smallest absolute Gasteiger partial charge is 0.225 e. The van der Waals surface area contributed by atoms with Crippen LogP contribution in [0.3, 0.4) is 0 Å². The summed E-state index contributed by atoms with van der Waals surface area (Å²) in [5.41, 5.74) is 0. The van der Waals surface area contributed by atoms with Gasteiger partial charge in [0.2, 0.25) is 5.91 Å². The molecule has 4 nitrogen and oxygen atoms in total. The number of nitrogens with zero attached hydrogens (tertiary/aromatic N) is 2. The standard InChI is InChI=1S/C14H27N3O/c1-11-10-12(4-7-15-11)14(18)17(3)13-5-8-16(2)9-6-13/h11-13,15H,4-10H2,1-3H3. The third-order valence-electron chi connectivity index (χ3n) is 4.56. The van der Waals surface area contributed by atoms with Crippen molar-refractivity contribution in [1.82, 2.24) is 15.1 Å². The van der Waals surface area contributed by atoms with Crippen molar-refractivity contribution in [3.8, 4) is 0 Å². The number of hydrogen-bond acceptors (Lipinski definition) is 3. The van der Waals surface area contributed by atoms with Crippen LogP contribution in [0.25, 0.3) is 0 Å². The fraction of sp³-hybridized carbons (Fsp3) is 0.929. The molecule has 2 heterocycles. The maximum atomic E-state index is 12.5. The molecule has 2 saturated heterocycles. The number of nitrogens with one attached hydrogen (secondary N) is 1. The lowest BCUT2D eigenvalue weighted by Gasteiger charge is -2.38. The van der Waals surface area contributed by atoms with Gasteiger partial charge in [-0.05, 0) is 59.3 Å². The summed E-state index contributed by atoms with van der Waals surface area (Å²) in [6.07, 6.45) is 4.24. The Hall–Kier alpha value is -0.610. The van der Waals surface area contributed by atoms with E-state index in [1.807, 2.05) is 11.9 Å². The van der Waals surface area contributed by atoms with Crippen molar-refractivity contribution in [2.75, 3.05) is 33.7 Å². The van der Waals surface area contributed by atoms with Gasteiger partial charge in [-0.15, -0.1) is 0 Å². The van der Waals surface area contributed by atoms with Gasteiger partial charge in [0.1, 0.15) is 0 Å². The maximum absolute atomic E-state index is 12.5.